The molecule has 8 heteroatoms. The van der Waals surface area contributed by atoms with Crippen LogP contribution in [0.25, 0.3) is 0 Å². The Bertz CT molecular complexity index is 1050. The first-order chi connectivity index (χ1) is 14.1. The molecule has 0 aliphatic carbocycles. The maximum absolute atomic E-state index is 13.0. The van der Waals surface area contributed by atoms with Crippen molar-refractivity contribution in [2.45, 2.75) is 36.7 Å². The summed E-state index contributed by atoms with van der Waals surface area (Å²) in [6, 6.07) is 5.98. The zero-order valence-electron chi connectivity index (χ0n) is 16.8. The van der Waals surface area contributed by atoms with Gasteiger partial charge in [-0.25, -0.2) is 14.2 Å². The number of aryl methyl sites for hydroxylation is 1. The first-order valence-corrected chi connectivity index (χ1v) is 11.6. The fourth-order valence-electron chi connectivity index (χ4n) is 3.53. The van der Waals surface area contributed by atoms with E-state index in [1.54, 1.807) is 30.8 Å². The van der Waals surface area contributed by atoms with Crippen LogP contribution >= 0.6 is 11.3 Å². The van der Waals surface area contributed by atoms with E-state index < -0.39 is 10.8 Å². The third-order valence-electron chi connectivity index (χ3n) is 5.16. The number of ether oxygens (including phenoxy) is 1. The summed E-state index contributed by atoms with van der Waals surface area (Å²) in [6.45, 7) is 6.58. The maximum Gasteiger partial charge on any atom is 0.175 e. The highest BCUT2D eigenvalue weighted by Crippen LogP contribution is 2.42. The molecule has 0 amide bonds. The summed E-state index contributed by atoms with van der Waals surface area (Å²) in [6.07, 6.45) is 4.19. The van der Waals surface area contributed by atoms with Crippen molar-refractivity contribution < 1.29 is 8.95 Å². The molecule has 0 radical (unpaired) electrons. The Morgan fingerprint density at radius 1 is 1.21 bits per heavy atom. The molecule has 3 heterocycles. The molecule has 0 saturated heterocycles. The molecule has 1 atom stereocenters. The van der Waals surface area contributed by atoms with Gasteiger partial charge in [0.1, 0.15) is 16.5 Å². The standard InChI is InChI=1S/C21H24N4O2S2/c1-14-5-6-18-19(15(14)2)25(20-21(29(18)26)24-10-9-23-20)11-4-8-22-13-17-16(27-3)7-12-28-17/h5-7,9-10,12,22H,4,8,11,13H2,1-3H3. The molecular formula is C21H24N4O2S2. The van der Waals surface area contributed by atoms with Crippen LogP contribution in [-0.4, -0.2) is 34.4 Å². The van der Waals surface area contributed by atoms with E-state index in [-0.39, 0.29) is 0 Å². The Kier molecular flexibility index (Phi) is 5.94. The Morgan fingerprint density at radius 2 is 2.03 bits per heavy atom. The second-order valence-electron chi connectivity index (χ2n) is 6.90. The molecule has 1 N–H and O–H groups in total. The van der Waals surface area contributed by atoms with Crippen LogP contribution in [-0.2, 0) is 17.3 Å². The van der Waals surface area contributed by atoms with Crippen molar-refractivity contribution in [3.05, 3.63) is 52.0 Å². The Balaban J connectivity index is 1.51. The first-order valence-electron chi connectivity index (χ1n) is 9.53. The van der Waals surface area contributed by atoms with Crippen LogP contribution in [0.2, 0.25) is 0 Å². The highest BCUT2D eigenvalue weighted by Gasteiger charge is 2.31. The van der Waals surface area contributed by atoms with Gasteiger partial charge < -0.3 is 15.0 Å². The predicted octanol–water partition coefficient (Wildman–Crippen LogP) is 3.96. The van der Waals surface area contributed by atoms with Gasteiger partial charge in [0.2, 0.25) is 0 Å². The molecule has 0 saturated carbocycles. The summed E-state index contributed by atoms with van der Waals surface area (Å²) >= 11 is 1.70. The number of thiophene rings is 1. The van der Waals surface area contributed by atoms with Gasteiger partial charge in [0.25, 0.3) is 0 Å². The smallest absolute Gasteiger partial charge is 0.175 e. The van der Waals surface area contributed by atoms with Crippen molar-refractivity contribution in [3.8, 4) is 5.75 Å². The SMILES string of the molecule is COc1ccsc1CNCCCN1c2nccnc2S(=O)c2ccc(C)c(C)c21. The van der Waals surface area contributed by atoms with Crippen molar-refractivity contribution >= 4 is 33.6 Å². The zero-order chi connectivity index (χ0) is 20.4. The van der Waals surface area contributed by atoms with Crippen LogP contribution in [0.15, 0.2) is 45.9 Å². The van der Waals surface area contributed by atoms with E-state index in [1.807, 2.05) is 23.6 Å². The number of rotatable bonds is 7. The van der Waals surface area contributed by atoms with E-state index in [4.69, 9.17) is 4.74 Å². The Hall–Kier alpha value is -2.29. The molecule has 0 spiro atoms. The maximum atomic E-state index is 13.0. The van der Waals surface area contributed by atoms with Crippen LogP contribution in [0.3, 0.4) is 0 Å². The molecule has 1 aliphatic rings. The van der Waals surface area contributed by atoms with E-state index in [0.29, 0.717) is 10.8 Å². The zero-order valence-corrected chi connectivity index (χ0v) is 18.4. The van der Waals surface area contributed by atoms with Gasteiger partial charge in [-0.3, -0.25) is 0 Å². The number of methoxy groups -OCH3 is 1. The predicted molar refractivity (Wildman–Crippen MR) is 117 cm³/mol. The number of nitrogens with one attached hydrogen (secondary N) is 1. The number of hydrogen-bond donors (Lipinski definition) is 1. The molecule has 1 aliphatic heterocycles. The third kappa shape index (κ3) is 3.80. The minimum Gasteiger partial charge on any atom is -0.496 e. The molecule has 0 fully saturated rings. The van der Waals surface area contributed by atoms with Gasteiger partial charge >= 0.3 is 0 Å². The minimum atomic E-state index is -1.31. The molecule has 2 aromatic heterocycles. The van der Waals surface area contributed by atoms with Gasteiger partial charge in [0, 0.05) is 25.5 Å². The average molecular weight is 429 g/mol. The molecule has 29 heavy (non-hydrogen) atoms. The summed E-state index contributed by atoms with van der Waals surface area (Å²) in [5.41, 5.74) is 3.33. The normalized spacial score (nSPS) is 15.1. The van der Waals surface area contributed by atoms with Crippen LogP contribution < -0.4 is 15.0 Å². The summed E-state index contributed by atoms with van der Waals surface area (Å²) in [5, 5.41) is 6.08. The lowest BCUT2D eigenvalue weighted by Gasteiger charge is -2.32. The average Bonchev–Trinajstić information content (AvgIpc) is 3.20. The van der Waals surface area contributed by atoms with Crippen LogP contribution in [0, 0.1) is 13.8 Å². The largest absolute Gasteiger partial charge is 0.496 e. The van der Waals surface area contributed by atoms with Crippen molar-refractivity contribution in [3.63, 3.8) is 0 Å². The molecular weight excluding hydrogens is 404 g/mol. The summed E-state index contributed by atoms with van der Waals surface area (Å²) in [4.78, 5) is 13.1. The highest BCUT2D eigenvalue weighted by molar-refractivity contribution is 7.85. The minimum absolute atomic E-state index is 0.541. The Labute approximate surface area is 177 Å². The number of benzene rings is 1. The fourth-order valence-corrected chi connectivity index (χ4v) is 5.66. The van der Waals surface area contributed by atoms with Gasteiger partial charge in [0.15, 0.2) is 10.8 Å². The lowest BCUT2D eigenvalue weighted by molar-refractivity contribution is 0.410. The van der Waals surface area contributed by atoms with Crippen LogP contribution in [0.5, 0.6) is 5.75 Å². The summed E-state index contributed by atoms with van der Waals surface area (Å²) < 4.78 is 18.4. The first kappa shape index (κ1) is 20.0. The topological polar surface area (TPSA) is 67.3 Å². The van der Waals surface area contributed by atoms with Crippen molar-refractivity contribution in [1.82, 2.24) is 15.3 Å². The number of nitrogens with zero attached hydrogens (tertiary/aromatic N) is 3. The third-order valence-corrected chi connectivity index (χ3v) is 7.43. The second kappa shape index (κ2) is 8.61. The number of aromatic nitrogens is 2. The van der Waals surface area contributed by atoms with E-state index in [0.717, 1.165) is 48.0 Å². The lowest BCUT2D eigenvalue weighted by Crippen LogP contribution is -2.29. The second-order valence-corrected chi connectivity index (χ2v) is 9.27. The van der Waals surface area contributed by atoms with E-state index in [1.165, 1.54) is 10.4 Å². The van der Waals surface area contributed by atoms with Gasteiger partial charge in [-0.15, -0.1) is 11.3 Å². The summed E-state index contributed by atoms with van der Waals surface area (Å²) in [5.74, 6) is 1.64. The number of anilines is 2. The number of fused-ring (bicyclic) bond motifs is 2. The molecule has 3 aromatic rings. The van der Waals surface area contributed by atoms with E-state index >= 15 is 0 Å². The van der Waals surface area contributed by atoms with Crippen molar-refractivity contribution in [2.75, 3.05) is 25.1 Å². The molecule has 152 valence electrons. The van der Waals surface area contributed by atoms with Gasteiger partial charge in [-0.1, -0.05) is 6.07 Å². The Morgan fingerprint density at radius 3 is 2.86 bits per heavy atom. The number of hydrogen-bond acceptors (Lipinski definition) is 7. The van der Waals surface area contributed by atoms with E-state index in [2.05, 4.69) is 34.0 Å². The molecule has 0 bridgehead atoms. The molecule has 1 unspecified atom stereocenters. The van der Waals surface area contributed by atoms with Gasteiger partial charge in [-0.2, -0.15) is 0 Å². The molecule has 1 aromatic carbocycles. The van der Waals surface area contributed by atoms with Crippen LogP contribution in [0.4, 0.5) is 11.5 Å². The summed E-state index contributed by atoms with van der Waals surface area (Å²) in [7, 11) is 0.395. The monoisotopic (exact) mass is 428 g/mol. The van der Waals surface area contributed by atoms with Crippen molar-refractivity contribution in [2.24, 2.45) is 0 Å². The van der Waals surface area contributed by atoms with Gasteiger partial charge in [-0.05, 0) is 55.5 Å². The lowest BCUT2D eigenvalue weighted by atomic mass is 10.1. The quantitative estimate of drug-likeness (QED) is 0.575. The van der Waals surface area contributed by atoms with E-state index in [9.17, 15) is 4.21 Å². The van der Waals surface area contributed by atoms with Crippen molar-refractivity contribution in [1.29, 1.82) is 0 Å². The molecule has 4 rings (SSSR count). The van der Waals surface area contributed by atoms with Gasteiger partial charge in [0.05, 0.1) is 22.6 Å². The van der Waals surface area contributed by atoms with Crippen LogP contribution in [0.1, 0.15) is 22.4 Å². The highest BCUT2D eigenvalue weighted by atomic mass is 32.2. The fraction of sp³-hybridized carbons (Fsp3) is 0.333. The molecule has 6 nitrogen and oxygen atoms in total.